The molecule has 1 heterocycles. The lowest BCUT2D eigenvalue weighted by molar-refractivity contribution is 0.101. The molecule has 0 radical (unpaired) electrons. The predicted octanol–water partition coefficient (Wildman–Crippen LogP) is 5.23. The fourth-order valence-electron chi connectivity index (χ4n) is 3.50. The Kier molecular flexibility index (Phi) is 5.94. The largest absolute Gasteiger partial charge is 0.319 e. The van der Waals surface area contributed by atoms with Crippen LogP contribution in [0.4, 0.5) is 5.69 Å². The summed E-state index contributed by atoms with van der Waals surface area (Å²) in [6.45, 7) is 6.11. The lowest BCUT2D eigenvalue weighted by Crippen LogP contribution is -2.14. The zero-order valence-electron chi connectivity index (χ0n) is 18.1. The fraction of sp³-hybridized carbons (Fsp3) is 0.192. The molecule has 4 rings (SSSR count). The van der Waals surface area contributed by atoms with Crippen LogP contribution >= 0.6 is 0 Å². The molecule has 1 N–H and O–H groups in total. The van der Waals surface area contributed by atoms with E-state index in [1.54, 1.807) is 4.68 Å². The van der Waals surface area contributed by atoms with Crippen molar-refractivity contribution in [1.82, 2.24) is 14.8 Å². The summed E-state index contributed by atoms with van der Waals surface area (Å²) in [5, 5.41) is 7.51. The quantitative estimate of drug-likeness (QED) is 0.473. The fourth-order valence-corrected chi connectivity index (χ4v) is 3.50. The number of hydrogen-bond acceptors (Lipinski definition) is 3. The first-order valence-corrected chi connectivity index (χ1v) is 10.5. The van der Waals surface area contributed by atoms with Crippen LogP contribution in [0.25, 0.3) is 5.69 Å². The Morgan fingerprint density at radius 3 is 2.32 bits per heavy atom. The number of nitrogens with one attached hydrogen (secondary N) is 1. The molecule has 5 nitrogen and oxygen atoms in total. The summed E-state index contributed by atoms with van der Waals surface area (Å²) >= 11 is 0. The van der Waals surface area contributed by atoms with Crippen molar-refractivity contribution in [2.24, 2.45) is 0 Å². The second kappa shape index (κ2) is 8.96. The van der Waals surface area contributed by atoms with Gasteiger partial charge in [0.05, 0.1) is 5.69 Å². The Morgan fingerprint density at radius 2 is 1.58 bits per heavy atom. The minimum atomic E-state index is -0.309. The van der Waals surface area contributed by atoms with Crippen LogP contribution in [0.3, 0.4) is 0 Å². The molecule has 5 heteroatoms. The zero-order valence-corrected chi connectivity index (χ0v) is 18.1. The Labute approximate surface area is 182 Å². The van der Waals surface area contributed by atoms with Gasteiger partial charge in [0.2, 0.25) is 5.82 Å². The number of anilines is 1. The number of amides is 1. The van der Waals surface area contributed by atoms with E-state index in [1.165, 1.54) is 11.1 Å². The molecular weight excluding hydrogens is 384 g/mol. The molecule has 0 aliphatic rings. The number of carbonyl (C=O) groups is 1. The molecule has 4 aromatic rings. The van der Waals surface area contributed by atoms with Gasteiger partial charge in [0.15, 0.2) is 0 Å². The molecule has 3 aromatic carbocycles. The minimum absolute atomic E-state index is 0.171. The number of aromatic nitrogens is 3. The van der Waals surface area contributed by atoms with E-state index in [0.29, 0.717) is 6.42 Å². The molecule has 0 unspecified atom stereocenters. The van der Waals surface area contributed by atoms with Crippen LogP contribution < -0.4 is 5.32 Å². The molecule has 0 atom stereocenters. The maximum atomic E-state index is 12.9. The second-order valence-corrected chi connectivity index (χ2v) is 7.79. The van der Waals surface area contributed by atoms with Crippen molar-refractivity contribution in [3.05, 3.63) is 107 Å². The van der Waals surface area contributed by atoms with Crippen LogP contribution in [0.1, 0.15) is 38.7 Å². The highest BCUT2D eigenvalue weighted by Gasteiger charge is 2.18. The summed E-state index contributed by atoms with van der Waals surface area (Å²) < 4.78 is 1.80. The average molecular weight is 411 g/mol. The number of rotatable bonds is 6. The van der Waals surface area contributed by atoms with Gasteiger partial charge in [0.25, 0.3) is 5.91 Å². The molecular formula is C26H26N4O. The number of hydrogen-bond donors (Lipinski definition) is 1. The first-order chi connectivity index (χ1) is 15.0. The Morgan fingerprint density at radius 1 is 0.839 bits per heavy atom. The maximum Gasteiger partial charge on any atom is 0.295 e. The van der Waals surface area contributed by atoms with Crippen LogP contribution in [0.15, 0.2) is 72.8 Å². The number of para-hydroxylation sites is 1. The molecule has 0 bridgehead atoms. The van der Waals surface area contributed by atoms with E-state index in [2.05, 4.69) is 27.5 Å². The SMILES string of the molecule is Cc1ccc(NC(=O)c2nc(CCc3ccccc3)n(-c3ccccc3C)n2)cc1C. The van der Waals surface area contributed by atoms with E-state index in [0.717, 1.165) is 34.7 Å². The summed E-state index contributed by atoms with van der Waals surface area (Å²) in [5.41, 5.74) is 6.29. The molecule has 0 saturated heterocycles. The van der Waals surface area contributed by atoms with Gasteiger partial charge in [0, 0.05) is 12.1 Å². The number of carbonyl (C=O) groups excluding carboxylic acids is 1. The van der Waals surface area contributed by atoms with Gasteiger partial charge in [-0.25, -0.2) is 9.67 Å². The van der Waals surface area contributed by atoms with Crippen molar-refractivity contribution in [1.29, 1.82) is 0 Å². The predicted molar refractivity (Wildman–Crippen MR) is 124 cm³/mol. The van der Waals surface area contributed by atoms with Gasteiger partial charge >= 0.3 is 0 Å². The van der Waals surface area contributed by atoms with Crippen molar-refractivity contribution >= 4 is 11.6 Å². The molecule has 1 amide bonds. The highest BCUT2D eigenvalue weighted by molar-refractivity contribution is 6.01. The Hall–Kier alpha value is -3.73. The van der Waals surface area contributed by atoms with Gasteiger partial charge < -0.3 is 5.32 Å². The molecule has 0 saturated carbocycles. The number of aryl methyl sites for hydroxylation is 5. The second-order valence-electron chi connectivity index (χ2n) is 7.79. The van der Waals surface area contributed by atoms with Gasteiger partial charge in [-0.05, 0) is 67.6 Å². The van der Waals surface area contributed by atoms with Crippen molar-refractivity contribution in [3.8, 4) is 5.69 Å². The van der Waals surface area contributed by atoms with E-state index in [9.17, 15) is 4.79 Å². The molecule has 156 valence electrons. The first kappa shape index (κ1) is 20.5. The van der Waals surface area contributed by atoms with Crippen molar-refractivity contribution in [2.45, 2.75) is 33.6 Å². The Bertz CT molecular complexity index is 1210. The Balaban J connectivity index is 1.64. The van der Waals surface area contributed by atoms with E-state index in [-0.39, 0.29) is 11.7 Å². The molecule has 0 aliphatic carbocycles. The standard InChI is InChI=1S/C26H26N4O/c1-18-13-15-22(17-20(18)3)27-26(31)25-28-24(16-14-21-10-5-4-6-11-21)30(29-25)23-12-8-7-9-19(23)2/h4-13,15,17H,14,16H2,1-3H3,(H,27,31). The molecule has 0 aliphatic heterocycles. The summed E-state index contributed by atoms with van der Waals surface area (Å²) in [5.74, 6) is 0.629. The number of nitrogens with zero attached hydrogens (tertiary/aromatic N) is 3. The third-order valence-electron chi connectivity index (χ3n) is 5.47. The topological polar surface area (TPSA) is 59.8 Å². The normalized spacial score (nSPS) is 10.8. The smallest absolute Gasteiger partial charge is 0.295 e. The van der Waals surface area contributed by atoms with Crippen molar-refractivity contribution in [2.75, 3.05) is 5.32 Å². The van der Waals surface area contributed by atoms with Crippen LogP contribution in [0.5, 0.6) is 0 Å². The van der Waals surface area contributed by atoms with Gasteiger partial charge in [0.1, 0.15) is 5.82 Å². The lowest BCUT2D eigenvalue weighted by Gasteiger charge is -2.08. The number of benzene rings is 3. The van der Waals surface area contributed by atoms with Crippen LogP contribution in [0.2, 0.25) is 0 Å². The van der Waals surface area contributed by atoms with E-state index in [1.807, 2.05) is 81.4 Å². The first-order valence-electron chi connectivity index (χ1n) is 10.5. The van der Waals surface area contributed by atoms with Crippen LogP contribution in [0, 0.1) is 20.8 Å². The van der Waals surface area contributed by atoms with Gasteiger partial charge in [-0.1, -0.05) is 54.6 Å². The van der Waals surface area contributed by atoms with E-state index < -0.39 is 0 Å². The van der Waals surface area contributed by atoms with Crippen molar-refractivity contribution in [3.63, 3.8) is 0 Å². The van der Waals surface area contributed by atoms with Crippen LogP contribution in [-0.4, -0.2) is 20.7 Å². The highest BCUT2D eigenvalue weighted by Crippen LogP contribution is 2.18. The highest BCUT2D eigenvalue weighted by atomic mass is 16.2. The van der Waals surface area contributed by atoms with Crippen LogP contribution in [-0.2, 0) is 12.8 Å². The molecule has 0 spiro atoms. The molecule has 31 heavy (non-hydrogen) atoms. The van der Waals surface area contributed by atoms with E-state index >= 15 is 0 Å². The van der Waals surface area contributed by atoms with Gasteiger partial charge in [-0.15, -0.1) is 5.10 Å². The summed E-state index contributed by atoms with van der Waals surface area (Å²) in [4.78, 5) is 17.5. The maximum absolute atomic E-state index is 12.9. The molecule has 1 aromatic heterocycles. The lowest BCUT2D eigenvalue weighted by atomic mass is 10.1. The summed E-state index contributed by atoms with van der Waals surface area (Å²) in [7, 11) is 0. The third kappa shape index (κ3) is 4.72. The monoisotopic (exact) mass is 410 g/mol. The average Bonchev–Trinajstić information content (AvgIpc) is 3.20. The van der Waals surface area contributed by atoms with Crippen molar-refractivity contribution < 1.29 is 4.79 Å². The summed E-state index contributed by atoms with van der Waals surface area (Å²) in [6.07, 6.45) is 1.51. The zero-order chi connectivity index (χ0) is 21.8. The van der Waals surface area contributed by atoms with E-state index in [4.69, 9.17) is 0 Å². The van der Waals surface area contributed by atoms with Gasteiger partial charge in [-0.2, -0.15) is 0 Å². The molecule has 0 fully saturated rings. The van der Waals surface area contributed by atoms with Gasteiger partial charge in [-0.3, -0.25) is 4.79 Å². The minimum Gasteiger partial charge on any atom is -0.319 e. The third-order valence-corrected chi connectivity index (χ3v) is 5.47. The summed E-state index contributed by atoms with van der Waals surface area (Å²) in [6, 6.07) is 24.1.